The Hall–Kier alpha value is -1.29. The van der Waals surface area contributed by atoms with Crippen LogP contribution in [0.4, 0.5) is 0 Å². The van der Waals surface area contributed by atoms with Crippen LogP contribution in [0.3, 0.4) is 0 Å². The molecule has 2 aromatic rings. The maximum Gasteiger partial charge on any atom is 0.385 e. The topological polar surface area (TPSA) is 39.4 Å². The smallest absolute Gasteiger partial charge is 0.385 e. The number of carbonyl (C=O) groups excluding carboxylic acids is 1. The summed E-state index contributed by atoms with van der Waals surface area (Å²) in [5, 5.41) is 0.885. The fourth-order valence-electron chi connectivity index (χ4n) is 1.12. The number of rotatable bonds is 1. The van der Waals surface area contributed by atoms with E-state index >= 15 is 0 Å². The van der Waals surface area contributed by atoms with E-state index in [1.807, 2.05) is 18.2 Å². The van der Waals surface area contributed by atoms with E-state index in [0.717, 1.165) is 5.39 Å². The summed E-state index contributed by atoms with van der Waals surface area (Å²) in [6, 6.07) is 9.01. The highest BCUT2D eigenvalue weighted by Crippen LogP contribution is 2.19. The summed E-state index contributed by atoms with van der Waals surface area (Å²) in [6.07, 6.45) is 0. The van der Waals surface area contributed by atoms with Crippen molar-refractivity contribution in [1.29, 1.82) is 0 Å². The van der Waals surface area contributed by atoms with E-state index in [1.54, 1.807) is 12.1 Å². The zero-order valence-electron chi connectivity index (χ0n) is 6.49. The van der Waals surface area contributed by atoms with Crippen molar-refractivity contribution < 1.29 is 13.0 Å². The lowest BCUT2D eigenvalue weighted by Crippen LogP contribution is -1.93. The van der Waals surface area contributed by atoms with Gasteiger partial charge >= 0.3 is 5.97 Å². The molecule has 0 fully saturated rings. The maximum atomic E-state index is 11.0. The first-order valence-corrected chi connectivity index (χ1v) is 4.27. The van der Waals surface area contributed by atoms with Gasteiger partial charge in [0.05, 0.1) is 0 Å². The average Bonchev–Trinajstić information content (AvgIpc) is 2.59. The number of hydrogen-bond acceptors (Lipinski definition) is 3. The van der Waals surface area contributed by atoms with Crippen LogP contribution in [0.5, 0.6) is 0 Å². The fourth-order valence-corrected chi connectivity index (χ4v) is 1.28. The lowest BCUT2D eigenvalue weighted by atomic mass is 10.2. The lowest BCUT2D eigenvalue weighted by Gasteiger charge is -1.87. The molecule has 1 aromatic carbocycles. The van der Waals surface area contributed by atoms with Gasteiger partial charge in [-0.25, -0.2) is 4.79 Å². The van der Waals surface area contributed by atoms with E-state index < -0.39 is 5.97 Å². The Bertz CT molecular complexity index is 414. The van der Waals surface area contributed by atoms with Crippen molar-refractivity contribution in [2.24, 2.45) is 0 Å². The normalized spacial score (nSPS) is 10.2. The Morgan fingerprint density at radius 2 is 2.15 bits per heavy atom. The van der Waals surface area contributed by atoms with Crippen molar-refractivity contribution in [3.8, 4) is 0 Å². The van der Waals surface area contributed by atoms with Crippen LogP contribution in [0.1, 0.15) is 10.6 Å². The third-order valence-corrected chi connectivity index (χ3v) is 1.99. The van der Waals surface area contributed by atoms with Gasteiger partial charge in [-0.3, -0.25) is 0 Å². The highest BCUT2D eigenvalue weighted by Gasteiger charge is 2.11. The van der Waals surface area contributed by atoms with Crippen LogP contribution in [-0.2, 0) is 3.83 Å². The Morgan fingerprint density at radius 1 is 1.38 bits per heavy atom. The molecule has 0 spiro atoms. The zero-order valence-corrected chi connectivity index (χ0v) is 8.08. The molecular weight excluding hydrogens is 236 g/mol. The van der Waals surface area contributed by atoms with Crippen molar-refractivity contribution in [3.05, 3.63) is 36.1 Å². The molecule has 4 heteroatoms. The van der Waals surface area contributed by atoms with Gasteiger partial charge in [0, 0.05) is 5.39 Å². The molecule has 2 rings (SSSR count). The second kappa shape index (κ2) is 3.22. The second-order valence-corrected chi connectivity index (χ2v) is 2.84. The number of halogens is 1. The second-order valence-electron chi connectivity index (χ2n) is 2.51. The summed E-state index contributed by atoms with van der Waals surface area (Å²) in [6.45, 7) is 0. The van der Waals surface area contributed by atoms with Gasteiger partial charge in [-0.2, -0.15) is 0 Å². The zero-order chi connectivity index (χ0) is 9.26. The van der Waals surface area contributed by atoms with Crippen LogP contribution in [0.2, 0.25) is 0 Å². The van der Waals surface area contributed by atoms with E-state index in [1.165, 1.54) is 0 Å². The molecule has 0 saturated carbocycles. The molecule has 66 valence electrons. The van der Waals surface area contributed by atoms with Crippen molar-refractivity contribution in [2.45, 2.75) is 0 Å². The van der Waals surface area contributed by atoms with Crippen LogP contribution >= 0.6 is 16.3 Å². The third-order valence-electron chi connectivity index (χ3n) is 1.70. The molecule has 0 unspecified atom stereocenters. The van der Waals surface area contributed by atoms with Gasteiger partial charge in [-0.1, -0.05) is 18.2 Å². The molecule has 0 atom stereocenters. The standard InChI is InChI=1S/C9H5BrO3/c10-13-9(11)8-5-6-3-1-2-4-7(6)12-8/h1-5H. The molecule has 0 N–H and O–H groups in total. The van der Waals surface area contributed by atoms with Crippen LogP contribution in [0.25, 0.3) is 11.0 Å². The first-order chi connectivity index (χ1) is 6.31. The number of carbonyl (C=O) groups is 1. The first-order valence-electron chi connectivity index (χ1n) is 3.63. The largest absolute Gasteiger partial charge is 0.449 e. The first kappa shape index (κ1) is 8.31. The highest BCUT2D eigenvalue weighted by molar-refractivity contribution is 9.06. The molecular formula is C9H5BrO3. The highest BCUT2D eigenvalue weighted by atomic mass is 79.9. The van der Waals surface area contributed by atoms with E-state index in [4.69, 9.17) is 4.42 Å². The molecule has 0 bridgehead atoms. The Kier molecular flexibility index (Phi) is 2.06. The van der Waals surface area contributed by atoms with Gasteiger partial charge in [0.2, 0.25) is 5.76 Å². The predicted molar refractivity (Wildman–Crippen MR) is 50.6 cm³/mol. The molecule has 13 heavy (non-hydrogen) atoms. The van der Waals surface area contributed by atoms with E-state index in [0.29, 0.717) is 5.58 Å². The van der Waals surface area contributed by atoms with Gasteiger partial charge in [0.1, 0.15) is 5.58 Å². The van der Waals surface area contributed by atoms with Crippen LogP contribution in [-0.4, -0.2) is 5.97 Å². The minimum atomic E-state index is -0.531. The fraction of sp³-hybridized carbons (Fsp3) is 0. The summed E-state index contributed by atoms with van der Waals surface area (Å²) in [5.74, 6) is -0.339. The van der Waals surface area contributed by atoms with E-state index in [9.17, 15) is 4.79 Å². The number of hydrogen-bond donors (Lipinski definition) is 0. The van der Waals surface area contributed by atoms with Gasteiger partial charge in [0.25, 0.3) is 0 Å². The number of furan rings is 1. The molecule has 0 aliphatic rings. The van der Waals surface area contributed by atoms with Gasteiger partial charge in [-0.05, 0) is 12.1 Å². The Labute approximate surface area is 82.7 Å². The average molecular weight is 241 g/mol. The quantitative estimate of drug-likeness (QED) is 0.770. The van der Waals surface area contributed by atoms with Crippen molar-refractivity contribution in [2.75, 3.05) is 0 Å². The van der Waals surface area contributed by atoms with Crippen molar-refractivity contribution >= 4 is 33.2 Å². The molecule has 3 nitrogen and oxygen atoms in total. The van der Waals surface area contributed by atoms with Gasteiger partial charge in [0.15, 0.2) is 16.3 Å². The molecule has 0 amide bonds. The van der Waals surface area contributed by atoms with E-state index in [-0.39, 0.29) is 5.76 Å². The predicted octanol–water partition coefficient (Wildman–Crippen LogP) is 2.90. The van der Waals surface area contributed by atoms with Crippen LogP contribution in [0.15, 0.2) is 34.7 Å². The minimum Gasteiger partial charge on any atom is -0.449 e. The summed E-state index contributed by atoms with van der Waals surface area (Å²) in [4.78, 5) is 11.0. The Balaban J connectivity index is 2.56. The number of benzene rings is 1. The van der Waals surface area contributed by atoms with Gasteiger partial charge < -0.3 is 8.25 Å². The van der Waals surface area contributed by atoms with Crippen LogP contribution < -0.4 is 0 Å². The van der Waals surface area contributed by atoms with E-state index in [2.05, 4.69) is 20.1 Å². The maximum absolute atomic E-state index is 11.0. The summed E-state index contributed by atoms with van der Waals surface area (Å²) in [7, 11) is 0. The molecule has 0 aliphatic heterocycles. The summed E-state index contributed by atoms with van der Waals surface area (Å²) < 4.78 is 9.56. The SMILES string of the molecule is O=C(OBr)c1cc2ccccc2o1. The summed E-state index contributed by atoms with van der Waals surface area (Å²) >= 11 is 2.60. The molecule has 1 heterocycles. The van der Waals surface area contributed by atoms with Gasteiger partial charge in [-0.15, -0.1) is 0 Å². The molecule has 0 aliphatic carbocycles. The number of para-hydroxylation sites is 1. The number of fused-ring (bicyclic) bond motifs is 1. The van der Waals surface area contributed by atoms with Crippen molar-refractivity contribution in [3.63, 3.8) is 0 Å². The Morgan fingerprint density at radius 3 is 2.85 bits per heavy atom. The van der Waals surface area contributed by atoms with Crippen molar-refractivity contribution in [1.82, 2.24) is 0 Å². The lowest BCUT2D eigenvalue weighted by molar-refractivity contribution is 0.0752. The molecule has 1 aromatic heterocycles. The molecule has 0 radical (unpaired) electrons. The van der Waals surface area contributed by atoms with Crippen LogP contribution in [0, 0.1) is 0 Å². The molecule has 0 saturated heterocycles. The minimum absolute atomic E-state index is 0.193. The monoisotopic (exact) mass is 240 g/mol. The summed E-state index contributed by atoms with van der Waals surface area (Å²) in [5.41, 5.74) is 0.676. The third kappa shape index (κ3) is 1.45.